The summed E-state index contributed by atoms with van der Waals surface area (Å²) in [5.41, 5.74) is 0.736. The molecule has 0 radical (unpaired) electrons. The third kappa shape index (κ3) is 4.60. The molecule has 26 heavy (non-hydrogen) atoms. The molecule has 1 saturated heterocycles. The second-order valence-electron chi connectivity index (χ2n) is 6.00. The van der Waals surface area contributed by atoms with Crippen LogP contribution >= 0.6 is 24.0 Å². The lowest BCUT2D eigenvalue weighted by Crippen LogP contribution is -2.50. The van der Waals surface area contributed by atoms with E-state index >= 15 is 0 Å². The molecular weight excluding hydrogens is 382 g/mol. The van der Waals surface area contributed by atoms with Crippen molar-refractivity contribution in [3.63, 3.8) is 0 Å². The molecule has 0 saturated carbocycles. The summed E-state index contributed by atoms with van der Waals surface area (Å²) in [6.45, 7) is 2.43. The van der Waals surface area contributed by atoms with Gasteiger partial charge in [-0.2, -0.15) is 5.10 Å². The number of carbonyl (C=O) groups is 2. The van der Waals surface area contributed by atoms with Crippen LogP contribution in [0.15, 0.2) is 30.5 Å². The predicted molar refractivity (Wildman–Crippen MR) is 98.5 cm³/mol. The van der Waals surface area contributed by atoms with Gasteiger partial charge >= 0.3 is 0 Å². The summed E-state index contributed by atoms with van der Waals surface area (Å²) in [7, 11) is 1.71. The topological polar surface area (TPSA) is 58.4 Å². The number of nitrogens with zero attached hydrogens (tertiary/aromatic N) is 4. The van der Waals surface area contributed by atoms with E-state index in [1.165, 1.54) is 28.9 Å². The SMILES string of the molecule is Cl.Cn1cc(Cl)c(C(=O)N2CCN(CC(=O)c3ccc(F)cc3)CC2)n1. The standard InChI is InChI=1S/C17H18ClFN4O2.ClH/c1-21-10-14(18)16(20-21)17(25)23-8-6-22(7-9-23)11-15(24)12-2-4-13(19)5-3-12;/h2-5,10H,6-9,11H2,1H3;1H. The summed E-state index contributed by atoms with van der Waals surface area (Å²) in [5, 5.41) is 4.43. The number of ketones is 1. The fraction of sp³-hybridized carbons (Fsp3) is 0.353. The number of hydrogen-bond donors (Lipinski definition) is 0. The van der Waals surface area contributed by atoms with Crippen molar-refractivity contribution in [3.8, 4) is 0 Å². The fourth-order valence-electron chi connectivity index (χ4n) is 2.79. The zero-order valence-corrected chi connectivity index (χ0v) is 15.8. The average Bonchev–Trinajstić information content (AvgIpc) is 2.94. The Bertz CT molecular complexity index is 787. The number of Topliss-reactive ketones (excluding diaryl/α,β-unsaturated/α-hetero) is 1. The maximum absolute atomic E-state index is 12.9. The van der Waals surface area contributed by atoms with E-state index < -0.39 is 0 Å². The average molecular weight is 401 g/mol. The number of halogens is 3. The monoisotopic (exact) mass is 400 g/mol. The van der Waals surface area contributed by atoms with Crippen LogP contribution in [-0.2, 0) is 7.05 Å². The highest BCUT2D eigenvalue weighted by atomic mass is 35.5. The van der Waals surface area contributed by atoms with E-state index in [0.717, 1.165) is 0 Å². The molecule has 6 nitrogen and oxygen atoms in total. The van der Waals surface area contributed by atoms with Gasteiger partial charge in [-0.05, 0) is 24.3 Å². The molecule has 0 atom stereocenters. The molecule has 1 aliphatic heterocycles. The van der Waals surface area contributed by atoms with Crippen molar-refractivity contribution in [1.82, 2.24) is 19.6 Å². The molecule has 1 aromatic carbocycles. The van der Waals surface area contributed by atoms with Gasteiger partial charge in [0.25, 0.3) is 5.91 Å². The Hall–Kier alpha value is -1.96. The molecule has 0 unspecified atom stereocenters. The van der Waals surface area contributed by atoms with Crippen LogP contribution in [-0.4, -0.2) is 64.0 Å². The lowest BCUT2D eigenvalue weighted by molar-refractivity contribution is 0.0618. The van der Waals surface area contributed by atoms with Gasteiger partial charge in [-0.1, -0.05) is 11.6 Å². The minimum Gasteiger partial charge on any atom is -0.335 e. The van der Waals surface area contributed by atoms with Crippen LogP contribution in [0.25, 0.3) is 0 Å². The molecule has 1 amide bonds. The maximum Gasteiger partial charge on any atom is 0.276 e. The number of amides is 1. The highest BCUT2D eigenvalue weighted by Crippen LogP contribution is 2.16. The summed E-state index contributed by atoms with van der Waals surface area (Å²) in [5.74, 6) is -0.625. The lowest BCUT2D eigenvalue weighted by atomic mass is 10.1. The highest BCUT2D eigenvalue weighted by Gasteiger charge is 2.26. The fourth-order valence-corrected chi connectivity index (χ4v) is 3.05. The zero-order valence-electron chi connectivity index (χ0n) is 14.2. The third-order valence-electron chi connectivity index (χ3n) is 4.18. The lowest BCUT2D eigenvalue weighted by Gasteiger charge is -2.34. The minimum absolute atomic E-state index is 0. The van der Waals surface area contributed by atoms with Crippen LogP contribution in [0, 0.1) is 5.82 Å². The second-order valence-corrected chi connectivity index (χ2v) is 6.40. The molecule has 1 aromatic heterocycles. The number of hydrogen-bond acceptors (Lipinski definition) is 4. The molecule has 0 bridgehead atoms. The zero-order chi connectivity index (χ0) is 18.0. The van der Waals surface area contributed by atoms with Gasteiger partial charge in [0.2, 0.25) is 0 Å². The Morgan fingerprint density at radius 3 is 2.31 bits per heavy atom. The van der Waals surface area contributed by atoms with Gasteiger partial charge in [0.05, 0.1) is 11.6 Å². The number of rotatable bonds is 4. The van der Waals surface area contributed by atoms with E-state index in [1.807, 2.05) is 4.90 Å². The van der Waals surface area contributed by atoms with Gasteiger partial charge < -0.3 is 4.90 Å². The van der Waals surface area contributed by atoms with Gasteiger partial charge in [0, 0.05) is 45.0 Å². The van der Waals surface area contributed by atoms with Crippen LogP contribution in [0.1, 0.15) is 20.8 Å². The molecule has 9 heteroatoms. The second kappa shape index (κ2) is 8.62. The molecule has 0 spiro atoms. The van der Waals surface area contributed by atoms with Crippen molar-refractivity contribution in [2.75, 3.05) is 32.7 Å². The van der Waals surface area contributed by atoms with Crippen molar-refractivity contribution in [1.29, 1.82) is 0 Å². The first-order valence-corrected chi connectivity index (χ1v) is 8.31. The normalized spacial score (nSPS) is 14.8. The first-order chi connectivity index (χ1) is 11.9. The quantitative estimate of drug-likeness (QED) is 0.738. The number of benzene rings is 1. The number of piperazine rings is 1. The molecule has 2 aromatic rings. The van der Waals surface area contributed by atoms with Crippen LogP contribution in [0.5, 0.6) is 0 Å². The highest BCUT2D eigenvalue weighted by molar-refractivity contribution is 6.33. The van der Waals surface area contributed by atoms with Gasteiger partial charge in [0.1, 0.15) is 5.82 Å². The van der Waals surface area contributed by atoms with Crippen LogP contribution in [0.2, 0.25) is 5.02 Å². The van der Waals surface area contributed by atoms with Crippen LogP contribution in [0.3, 0.4) is 0 Å². The number of carbonyl (C=O) groups excluding carboxylic acids is 2. The van der Waals surface area contributed by atoms with Gasteiger partial charge in [-0.3, -0.25) is 19.2 Å². The van der Waals surface area contributed by atoms with Crippen LogP contribution in [0.4, 0.5) is 4.39 Å². The third-order valence-corrected chi connectivity index (χ3v) is 4.46. The van der Waals surface area contributed by atoms with Crippen molar-refractivity contribution >= 4 is 35.7 Å². The van der Waals surface area contributed by atoms with Gasteiger partial charge in [0.15, 0.2) is 11.5 Å². The largest absolute Gasteiger partial charge is 0.335 e. The first kappa shape index (κ1) is 20.4. The summed E-state index contributed by atoms with van der Waals surface area (Å²) in [6, 6.07) is 5.53. The molecular formula is C17H19Cl2FN4O2. The molecule has 0 N–H and O–H groups in total. The smallest absolute Gasteiger partial charge is 0.276 e. The molecule has 1 aliphatic rings. The van der Waals surface area contributed by atoms with E-state index in [-0.39, 0.29) is 42.2 Å². The summed E-state index contributed by atoms with van der Waals surface area (Å²) < 4.78 is 14.4. The number of aryl methyl sites for hydroxylation is 1. The Labute approximate surface area is 161 Å². The minimum atomic E-state index is -0.364. The molecule has 0 aliphatic carbocycles. The molecule has 1 fully saturated rings. The summed E-state index contributed by atoms with van der Waals surface area (Å²) in [6.07, 6.45) is 1.59. The Morgan fingerprint density at radius 2 is 1.77 bits per heavy atom. The van der Waals surface area contributed by atoms with Crippen molar-refractivity contribution in [3.05, 3.63) is 52.6 Å². The van der Waals surface area contributed by atoms with Crippen LogP contribution < -0.4 is 0 Å². The molecule has 2 heterocycles. The molecule has 3 rings (SSSR count). The summed E-state index contributed by atoms with van der Waals surface area (Å²) >= 11 is 6.02. The van der Waals surface area contributed by atoms with E-state index in [2.05, 4.69) is 5.10 Å². The van der Waals surface area contributed by atoms with E-state index in [0.29, 0.717) is 36.8 Å². The Balaban J connectivity index is 0.00000243. The van der Waals surface area contributed by atoms with Gasteiger partial charge in [-0.15, -0.1) is 12.4 Å². The van der Waals surface area contributed by atoms with Gasteiger partial charge in [-0.25, -0.2) is 4.39 Å². The van der Waals surface area contributed by atoms with E-state index in [9.17, 15) is 14.0 Å². The summed E-state index contributed by atoms with van der Waals surface area (Å²) in [4.78, 5) is 28.4. The molecule has 140 valence electrons. The Morgan fingerprint density at radius 1 is 1.15 bits per heavy atom. The van der Waals surface area contributed by atoms with Crippen molar-refractivity contribution in [2.45, 2.75) is 0 Å². The van der Waals surface area contributed by atoms with Crippen molar-refractivity contribution < 1.29 is 14.0 Å². The maximum atomic E-state index is 12.9. The predicted octanol–water partition coefficient (Wildman–Crippen LogP) is 2.28. The van der Waals surface area contributed by atoms with E-state index in [4.69, 9.17) is 11.6 Å². The Kier molecular flexibility index (Phi) is 6.75. The van der Waals surface area contributed by atoms with E-state index in [1.54, 1.807) is 18.1 Å². The first-order valence-electron chi connectivity index (χ1n) is 7.93. The number of aromatic nitrogens is 2. The van der Waals surface area contributed by atoms with Crippen molar-refractivity contribution in [2.24, 2.45) is 7.05 Å².